The second kappa shape index (κ2) is 8.18. The first-order valence-corrected chi connectivity index (χ1v) is 11.2. The molecule has 0 spiro atoms. The fraction of sp³-hybridized carbons (Fsp3) is 1.00. The molecule has 3 unspecified atom stereocenters. The van der Waals surface area contributed by atoms with E-state index in [1.165, 1.54) is 19.3 Å². The molecule has 1 N–H and O–H groups in total. The minimum absolute atomic E-state index is 0.256. The molecule has 2 rings (SSSR count). The lowest BCUT2D eigenvalue weighted by Gasteiger charge is -2.37. The molecular weight excluding hydrogens is 304 g/mol. The quantitative estimate of drug-likeness (QED) is 0.771. The van der Waals surface area contributed by atoms with Gasteiger partial charge in [0.25, 0.3) is 0 Å². The molecule has 124 valence electrons. The molecule has 1 aliphatic heterocycles. The van der Waals surface area contributed by atoms with Crippen molar-refractivity contribution in [2.45, 2.75) is 50.9 Å². The molecule has 0 amide bonds. The van der Waals surface area contributed by atoms with E-state index in [9.17, 15) is 8.42 Å². The SMILES string of the molecule is CCCNC1CCCC1CN1CCSCC1S(=O)(=O)CC. The van der Waals surface area contributed by atoms with Crippen LogP contribution in [0, 0.1) is 5.92 Å². The first-order valence-electron chi connectivity index (χ1n) is 8.35. The van der Waals surface area contributed by atoms with Crippen molar-refractivity contribution in [2.24, 2.45) is 5.92 Å². The van der Waals surface area contributed by atoms with Crippen LogP contribution in [0.15, 0.2) is 0 Å². The summed E-state index contributed by atoms with van der Waals surface area (Å²) in [5.74, 6) is 2.69. The molecule has 6 heteroatoms. The molecule has 4 nitrogen and oxygen atoms in total. The van der Waals surface area contributed by atoms with Gasteiger partial charge in [-0.3, -0.25) is 4.90 Å². The summed E-state index contributed by atoms with van der Waals surface area (Å²) in [5, 5.41) is 3.40. The summed E-state index contributed by atoms with van der Waals surface area (Å²) in [6, 6.07) is 0.588. The van der Waals surface area contributed by atoms with Gasteiger partial charge in [0, 0.05) is 36.4 Å². The van der Waals surface area contributed by atoms with E-state index in [-0.39, 0.29) is 11.1 Å². The molecule has 1 saturated heterocycles. The third-order valence-electron chi connectivity index (χ3n) is 4.79. The second-order valence-electron chi connectivity index (χ2n) is 6.23. The van der Waals surface area contributed by atoms with Crippen LogP contribution in [0.1, 0.15) is 39.5 Å². The number of rotatable bonds is 7. The van der Waals surface area contributed by atoms with Crippen LogP contribution in [-0.4, -0.2) is 61.6 Å². The molecule has 2 fully saturated rings. The predicted octanol–water partition coefficient (Wildman–Crippen LogP) is 1.96. The van der Waals surface area contributed by atoms with Crippen LogP contribution in [0.5, 0.6) is 0 Å². The van der Waals surface area contributed by atoms with Gasteiger partial charge < -0.3 is 5.32 Å². The number of nitrogens with one attached hydrogen (secondary N) is 1. The normalized spacial score (nSPS) is 31.6. The Kier molecular flexibility index (Phi) is 6.84. The molecule has 0 aromatic heterocycles. The molecule has 1 heterocycles. The third kappa shape index (κ3) is 4.60. The average Bonchev–Trinajstić information content (AvgIpc) is 2.92. The molecular formula is C15H30N2O2S2. The minimum atomic E-state index is -2.96. The van der Waals surface area contributed by atoms with Crippen molar-refractivity contribution in [1.82, 2.24) is 10.2 Å². The summed E-state index contributed by atoms with van der Waals surface area (Å²) >= 11 is 1.79. The van der Waals surface area contributed by atoms with E-state index in [2.05, 4.69) is 17.1 Å². The van der Waals surface area contributed by atoms with Gasteiger partial charge in [-0.25, -0.2) is 8.42 Å². The highest BCUT2D eigenvalue weighted by Gasteiger charge is 2.36. The summed E-state index contributed by atoms with van der Waals surface area (Å²) in [4.78, 5) is 2.26. The van der Waals surface area contributed by atoms with E-state index in [1.807, 2.05) is 0 Å². The highest BCUT2D eigenvalue weighted by Crippen LogP contribution is 2.30. The zero-order chi connectivity index (χ0) is 15.3. The monoisotopic (exact) mass is 334 g/mol. The Bertz CT molecular complexity index is 414. The fourth-order valence-corrected chi connectivity index (χ4v) is 6.59. The number of hydrogen-bond donors (Lipinski definition) is 1. The maximum atomic E-state index is 12.3. The van der Waals surface area contributed by atoms with Crippen LogP contribution in [0.3, 0.4) is 0 Å². The zero-order valence-electron chi connectivity index (χ0n) is 13.4. The summed E-state index contributed by atoms with van der Waals surface area (Å²) in [5.41, 5.74) is 0. The van der Waals surface area contributed by atoms with Crippen molar-refractivity contribution in [3.63, 3.8) is 0 Å². The second-order valence-corrected chi connectivity index (χ2v) is 9.82. The van der Waals surface area contributed by atoms with Gasteiger partial charge in [0.05, 0.1) is 0 Å². The van der Waals surface area contributed by atoms with Gasteiger partial charge in [0.1, 0.15) is 5.37 Å². The Morgan fingerprint density at radius 2 is 2.10 bits per heavy atom. The van der Waals surface area contributed by atoms with Gasteiger partial charge in [-0.05, 0) is 31.7 Å². The van der Waals surface area contributed by atoms with Crippen molar-refractivity contribution in [3.05, 3.63) is 0 Å². The smallest absolute Gasteiger partial charge is 0.166 e. The van der Waals surface area contributed by atoms with Crippen LogP contribution in [0.25, 0.3) is 0 Å². The Morgan fingerprint density at radius 3 is 2.81 bits per heavy atom. The van der Waals surface area contributed by atoms with Gasteiger partial charge in [0.2, 0.25) is 0 Å². The largest absolute Gasteiger partial charge is 0.314 e. The van der Waals surface area contributed by atoms with Crippen molar-refractivity contribution in [3.8, 4) is 0 Å². The van der Waals surface area contributed by atoms with Crippen LogP contribution < -0.4 is 5.32 Å². The van der Waals surface area contributed by atoms with E-state index in [4.69, 9.17) is 0 Å². The molecule has 1 saturated carbocycles. The Hall–Kier alpha value is 0.220. The van der Waals surface area contributed by atoms with Crippen LogP contribution in [0.4, 0.5) is 0 Å². The Labute approximate surface area is 134 Å². The Morgan fingerprint density at radius 1 is 1.29 bits per heavy atom. The van der Waals surface area contributed by atoms with E-state index in [1.54, 1.807) is 18.7 Å². The van der Waals surface area contributed by atoms with Gasteiger partial charge in [0.15, 0.2) is 9.84 Å². The molecule has 0 aromatic carbocycles. The topological polar surface area (TPSA) is 49.4 Å². The standard InChI is InChI=1S/C15H30N2O2S2/c1-3-8-16-14-7-5-6-13(14)11-17-9-10-20-12-15(17)21(18,19)4-2/h13-16H,3-12H2,1-2H3. The lowest BCUT2D eigenvalue weighted by atomic mass is 10.0. The number of sulfone groups is 1. The molecule has 0 bridgehead atoms. The van der Waals surface area contributed by atoms with Gasteiger partial charge >= 0.3 is 0 Å². The van der Waals surface area contributed by atoms with E-state index in [0.717, 1.165) is 37.6 Å². The summed E-state index contributed by atoms with van der Waals surface area (Å²) in [7, 11) is -2.96. The van der Waals surface area contributed by atoms with Crippen molar-refractivity contribution < 1.29 is 8.42 Å². The first kappa shape index (κ1) is 17.6. The van der Waals surface area contributed by atoms with Crippen molar-refractivity contribution >= 4 is 21.6 Å². The van der Waals surface area contributed by atoms with Crippen molar-refractivity contribution in [1.29, 1.82) is 0 Å². The van der Waals surface area contributed by atoms with Gasteiger partial charge in [-0.2, -0.15) is 11.8 Å². The van der Waals surface area contributed by atoms with Crippen LogP contribution >= 0.6 is 11.8 Å². The summed E-state index contributed by atoms with van der Waals surface area (Å²) in [6.07, 6.45) is 4.93. The third-order valence-corrected chi connectivity index (χ3v) is 8.12. The number of nitrogens with zero attached hydrogens (tertiary/aromatic N) is 1. The lowest BCUT2D eigenvalue weighted by molar-refractivity contribution is 0.210. The van der Waals surface area contributed by atoms with E-state index >= 15 is 0 Å². The maximum absolute atomic E-state index is 12.3. The number of thioether (sulfide) groups is 1. The molecule has 21 heavy (non-hydrogen) atoms. The number of hydrogen-bond acceptors (Lipinski definition) is 5. The first-order chi connectivity index (χ1) is 10.1. The van der Waals surface area contributed by atoms with Crippen LogP contribution in [-0.2, 0) is 9.84 Å². The molecule has 0 aromatic rings. The van der Waals surface area contributed by atoms with Crippen LogP contribution in [0.2, 0.25) is 0 Å². The highest BCUT2D eigenvalue weighted by atomic mass is 32.2. The van der Waals surface area contributed by atoms with Crippen molar-refractivity contribution in [2.75, 3.05) is 36.9 Å². The van der Waals surface area contributed by atoms with Gasteiger partial charge in [-0.1, -0.05) is 20.3 Å². The summed E-state index contributed by atoms with van der Waals surface area (Å²) in [6.45, 7) is 6.92. The summed E-state index contributed by atoms with van der Waals surface area (Å²) < 4.78 is 24.6. The maximum Gasteiger partial charge on any atom is 0.166 e. The zero-order valence-corrected chi connectivity index (χ0v) is 15.0. The van der Waals surface area contributed by atoms with E-state index in [0.29, 0.717) is 12.0 Å². The molecule has 1 aliphatic carbocycles. The predicted molar refractivity (Wildman–Crippen MR) is 91.6 cm³/mol. The molecule has 2 aliphatic rings. The van der Waals surface area contributed by atoms with Gasteiger partial charge in [-0.15, -0.1) is 0 Å². The van der Waals surface area contributed by atoms with E-state index < -0.39 is 9.84 Å². The lowest BCUT2D eigenvalue weighted by Crippen LogP contribution is -2.51. The minimum Gasteiger partial charge on any atom is -0.314 e. The Balaban J connectivity index is 1.98. The molecule has 3 atom stereocenters. The average molecular weight is 335 g/mol. The highest BCUT2D eigenvalue weighted by molar-refractivity contribution is 8.01. The molecule has 0 radical (unpaired) electrons. The fourth-order valence-electron chi connectivity index (χ4n) is 3.50.